The van der Waals surface area contributed by atoms with E-state index in [0.29, 0.717) is 11.4 Å². The highest BCUT2D eigenvalue weighted by atomic mass is 16.6. The van der Waals surface area contributed by atoms with E-state index in [9.17, 15) is 10.1 Å². The smallest absolute Gasteiger partial charge is 0.329 e. The Morgan fingerprint density at radius 2 is 1.89 bits per heavy atom. The van der Waals surface area contributed by atoms with Gasteiger partial charge in [0, 0.05) is 5.69 Å². The summed E-state index contributed by atoms with van der Waals surface area (Å²) in [7, 11) is 0. The van der Waals surface area contributed by atoms with Crippen molar-refractivity contribution in [1.29, 1.82) is 5.26 Å². The summed E-state index contributed by atoms with van der Waals surface area (Å²) in [6.07, 6.45) is 0. The van der Waals surface area contributed by atoms with E-state index in [0.717, 1.165) is 0 Å². The van der Waals surface area contributed by atoms with E-state index in [4.69, 9.17) is 15.7 Å². The van der Waals surface area contributed by atoms with Crippen LogP contribution in [0.15, 0.2) is 42.5 Å². The molecule has 2 N–H and O–H groups in total. The van der Waals surface area contributed by atoms with Gasteiger partial charge in [0.2, 0.25) is 5.75 Å². The van der Waals surface area contributed by atoms with Gasteiger partial charge in [-0.3, -0.25) is 10.1 Å². The lowest BCUT2D eigenvalue weighted by Gasteiger charge is -2.07. The van der Waals surface area contributed by atoms with Crippen LogP contribution < -0.4 is 10.5 Å². The van der Waals surface area contributed by atoms with Crippen molar-refractivity contribution in [2.24, 2.45) is 0 Å². The highest BCUT2D eigenvalue weighted by Crippen LogP contribution is 2.34. The van der Waals surface area contributed by atoms with Gasteiger partial charge >= 0.3 is 5.69 Å². The maximum Gasteiger partial charge on any atom is 0.329 e. The molecule has 2 aromatic carbocycles. The molecule has 0 aliphatic heterocycles. The second-order valence-electron chi connectivity index (χ2n) is 3.69. The van der Waals surface area contributed by atoms with E-state index in [1.165, 1.54) is 18.2 Å². The highest BCUT2D eigenvalue weighted by Gasteiger charge is 2.21. The Labute approximate surface area is 108 Å². The second kappa shape index (κ2) is 5.06. The Bertz CT molecular complexity index is 660. The fourth-order valence-corrected chi connectivity index (χ4v) is 1.55. The van der Waals surface area contributed by atoms with Crippen LogP contribution >= 0.6 is 0 Å². The third-order valence-corrected chi connectivity index (χ3v) is 2.41. The fourth-order valence-electron chi connectivity index (χ4n) is 1.55. The lowest BCUT2D eigenvalue weighted by Crippen LogP contribution is -1.96. The van der Waals surface area contributed by atoms with Crippen LogP contribution in [0.25, 0.3) is 0 Å². The van der Waals surface area contributed by atoms with E-state index < -0.39 is 4.92 Å². The Balaban J connectivity index is 2.43. The molecule has 6 heteroatoms. The number of anilines is 1. The van der Waals surface area contributed by atoms with E-state index in [2.05, 4.69) is 0 Å². The molecule has 0 saturated carbocycles. The van der Waals surface area contributed by atoms with Crippen molar-refractivity contribution in [2.75, 3.05) is 5.73 Å². The minimum Gasteiger partial charge on any atom is -0.450 e. The molecule has 0 amide bonds. The van der Waals surface area contributed by atoms with Gasteiger partial charge in [0.25, 0.3) is 0 Å². The largest absolute Gasteiger partial charge is 0.450 e. The summed E-state index contributed by atoms with van der Waals surface area (Å²) < 4.78 is 5.42. The Kier molecular flexibility index (Phi) is 3.30. The van der Waals surface area contributed by atoms with Crippen molar-refractivity contribution in [3.05, 3.63) is 58.1 Å². The maximum atomic E-state index is 11.0. The van der Waals surface area contributed by atoms with Crippen LogP contribution in [0.1, 0.15) is 5.56 Å². The topological polar surface area (TPSA) is 102 Å². The van der Waals surface area contributed by atoms with Crippen molar-refractivity contribution in [3.63, 3.8) is 0 Å². The summed E-state index contributed by atoms with van der Waals surface area (Å²) in [6, 6.07) is 12.5. The monoisotopic (exact) mass is 255 g/mol. The van der Waals surface area contributed by atoms with Crippen LogP contribution in [0.2, 0.25) is 0 Å². The van der Waals surface area contributed by atoms with Gasteiger partial charge < -0.3 is 10.5 Å². The lowest BCUT2D eigenvalue weighted by molar-refractivity contribution is -0.385. The number of benzene rings is 2. The van der Waals surface area contributed by atoms with Gasteiger partial charge in [-0.25, -0.2) is 0 Å². The van der Waals surface area contributed by atoms with Gasteiger partial charge in [-0.15, -0.1) is 0 Å². The molecule has 0 spiro atoms. The third-order valence-electron chi connectivity index (χ3n) is 2.41. The normalized spacial score (nSPS) is 9.63. The summed E-state index contributed by atoms with van der Waals surface area (Å²) in [5.74, 6) is 0.432. The molecular weight excluding hydrogens is 246 g/mol. The number of nitrogen functional groups attached to an aromatic ring is 1. The average molecular weight is 255 g/mol. The molecular formula is C13H9N3O3. The van der Waals surface area contributed by atoms with Crippen molar-refractivity contribution >= 4 is 11.4 Å². The number of hydrogen-bond acceptors (Lipinski definition) is 5. The van der Waals surface area contributed by atoms with Crippen molar-refractivity contribution in [2.45, 2.75) is 0 Å². The van der Waals surface area contributed by atoms with E-state index in [-0.39, 0.29) is 17.0 Å². The molecule has 0 aliphatic rings. The zero-order chi connectivity index (χ0) is 13.8. The summed E-state index contributed by atoms with van der Waals surface area (Å²) >= 11 is 0. The zero-order valence-corrected chi connectivity index (χ0v) is 9.74. The number of nitrogens with zero attached hydrogens (tertiary/aromatic N) is 2. The van der Waals surface area contributed by atoms with Crippen molar-refractivity contribution in [1.82, 2.24) is 0 Å². The number of nitrogens with two attached hydrogens (primary N) is 1. The van der Waals surface area contributed by atoms with Crippen molar-refractivity contribution < 1.29 is 9.66 Å². The summed E-state index contributed by atoms with van der Waals surface area (Å²) in [5, 5.41) is 19.9. The minimum absolute atomic E-state index is 0.0221. The van der Waals surface area contributed by atoms with Crippen molar-refractivity contribution in [3.8, 4) is 17.6 Å². The number of hydrogen-bond donors (Lipinski definition) is 1. The number of ether oxygens (including phenoxy) is 1. The molecule has 94 valence electrons. The molecule has 0 fully saturated rings. The first-order chi connectivity index (χ1) is 9.11. The van der Waals surface area contributed by atoms with E-state index in [1.807, 2.05) is 0 Å². The standard InChI is InChI=1S/C13H9N3O3/c14-8-9-2-1-3-12(13(9)16(17)18)19-11-6-4-10(15)5-7-11/h1-7H,15H2. The number of rotatable bonds is 3. The summed E-state index contributed by atoms with van der Waals surface area (Å²) in [4.78, 5) is 10.4. The zero-order valence-electron chi connectivity index (χ0n) is 9.74. The Hall–Kier alpha value is -3.07. The second-order valence-corrected chi connectivity index (χ2v) is 3.69. The molecule has 0 radical (unpaired) electrons. The molecule has 0 bridgehead atoms. The van der Waals surface area contributed by atoms with Crippen LogP contribution in [0, 0.1) is 21.4 Å². The number of para-hydroxylation sites is 1. The van der Waals surface area contributed by atoms with Crippen LogP contribution in [0.4, 0.5) is 11.4 Å². The van der Waals surface area contributed by atoms with Crippen LogP contribution in [0.5, 0.6) is 11.5 Å². The van der Waals surface area contributed by atoms with Gasteiger partial charge in [0.1, 0.15) is 17.4 Å². The molecule has 19 heavy (non-hydrogen) atoms. The first-order valence-corrected chi connectivity index (χ1v) is 5.32. The molecule has 6 nitrogen and oxygen atoms in total. The first kappa shape index (κ1) is 12.4. The highest BCUT2D eigenvalue weighted by molar-refractivity contribution is 5.59. The van der Waals surface area contributed by atoms with Gasteiger partial charge in [0.05, 0.1) is 4.92 Å². The van der Waals surface area contributed by atoms with E-state index >= 15 is 0 Å². The van der Waals surface area contributed by atoms with Gasteiger partial charge in [0.15, 0.2) is 0 Å². The number of nitro benzene ring substituents is 1. The number of nitro groups is 1. The molecule has 2 aromatic rings. The molecule has 0 saturated heterocycles. The molecule has 2 rings (SSSR count). The third kappa shape index (κ3) is 2.61. The fraction of sp³-hybridized carbons (Fsp3) is 0. The van der Waals surface area contributed by atoms with Crippen LogP contribution in [-0.2, 0) is 0 Å². The molecule has 0 heterocycles. The Morgan fingerprint density at radius 1 is 1.21 bits per heavy atom. The summed E-state index contributed by atoms with van der Waals surface area (Å²) in [6.45, 7) is 0. The maximum absolute atomic E-state index is 11.0. The molecule has 0 unspecified atom stereocenters. The molecule has 0 aliphatic carbocycles. The van der Waals surface area contributed by atoms with Crippen LogP contribution in [0.3, 0.4) is 0 Å². The van der Waals surface area contributed by atoms with E-state index in [1.54, 1.807) is 30.3 Å². The lowest BCUT2D eigenvalue weighted by atomic mass is 10.2. The predicted molar refractivity (Wildman–Crippen MR) is 68.7 cm³/mol. The van der Waals surface area contributed by atoms with Gasteiger partial charge in [-0.1, -0.05) is 6.07 Å². The predicted octanol–water partition coefficient (Wildman–Crippen LogP) is 2.84. The SMILES string of the molecule is N#Cc1cccc(Oc2ccc(N)cc2)c1[N+](=O)[O-]. The first-order valence-electron chi connectivity index (χ1n) is 5.32. The van der Waals surface area contributed by atoms with Crippen LogP contribution in [-0.4, -0.2) is 4.92 Å². The summed E-state index contributed by atoms with van der Waals surface area (Å²) in [5.41, 5.74) is 5.71. The molecule has 0 aromatic heterocycles. The van der Waals surface area contributed by atoms with Gasteiger partial charge in [-0.05, 0) is 36.4 Å². The average Bonchev–Trinajstić information content (AvgIpc) is 2.40. The minimum atomic E-state index is -0.634. The molecule has 0 atom stereocenters. The Morgan fingerprint density at radius 3 is 2.47 bits per heavy atom. The quantitative estimate of drug-likeness (QED) is 0.516. The number of nitriles is 1. The van der Waals surface area contributed by atoms with Gasteiger partial charge in [-0.2, -0.15) is 5.26 Å².